The molecule has 1 aliphatic rings. The average molecular weight is 466 g/mol. The summed E-state index contributed by atoms with van der Waals surface area (Å²) in [5, 5.41) is 10.8. The number of phenols is 1. The van der Waals surface area contributed by atoms with Gasteiger partial charge in [0.1, 0.15) is 34.5 Å². The maximum absolute atomic E-state index is 13.5. The Labute approximate surface area is 198 Å². The molecule has 2 aromatic heterocycles. The van der Waals surface area contributed by atoms with Crippen molar-refractivity contribution in [1.29, 1.82) is 0 Å². The van der Waals surface area contributed by atoms with Gasteiger partial charge in [-0.3, -0.25) is 19.6 Å². The van der Waals surface area contributed by atoms with Crippen LogP contribution >= 0.6 is 0 Å². The molecule has 0 fully saturated rings. The van der Waals surface area contributed by atoms with Gasteiger partial charge in [-0.2, -0.15) is 0 Å². The summed E-state index contributed by atoms with van der Waals surface area (Å²) in [5.74, 6) is -0.491. The molecule has 35 heavy (non-hydrogen) atoms. The zero-order valence-electron chi connectivity index (χ0n) is 18.5. The lowest BCUT2D eigenvalue weighted by Gasteiger charge is -2.26. The highest BCUT2D eigenvalue weighted by Crippen LogP contribution is 2.46. The molecular weight excluding hydrogens is 448 g/mol. The van der Waals surface area contributed by atoms with Crippen LogP contribution in [-0.4, -0.2) is 28.2 Å². The molecule has 6 rings (SSSR count). The molecule has 5 aromatic rings. The summed E-state index contributed by atoms with van der Waals surface area (Å²) in [7, 11) is 1.56. The molecule has 8 nitrogen and oxygen atoms in total. The first-order chi connectivity index (χ1) is 17.0. The van der Waals surface area contributed by atoms with E-state index in [2.05, 4.69) is 9.97 Å². The summed E-state index contributed by atoms with van der Waals surface area (Å²) in [6.07, 6.45) is 4.57. The lowest BCUT2D eigenvalue weighted by atomic mass is 9.84. The van der Waals surface area contributed by atoms with Crippen LogP contribution < -0.4 is 14.9 Å². The molecule has 0 unspecified atom stereocenters. The minimum atomic E-state index is -0.510. The van der Waals surface area contributed by atoms with E-state index in [4.69, 9.17) is 13.9 Å². The molecule has 172 valence electrons. The highest BCUT2D eigenvalue weighted by molar-refractivity contribution is 5.95. The summed E-state index contributed by atoms with van der Waals surface area (Å²) in [4.78, 5) is 34.9. The van der Waals surface area contributed by atoms with E-state index in [1.54, 1.807) is 43.8 Å². The van der Waals surface area contributed by atoms with Crippen molar-refractivity contribution in [2.75, 3.05) is 7.11 Å². The number of esters is 1. The Hall–Kier alpha value is -4.72. The molecule has 1 aliphatic heterocycles. The van der Waals surface area contributed by atoms with E-state index in [0.717, 1.165) is 5.56 Å². The van der Waals surface area contributed by atoms with Crippen molar-refractivity contribution in [2.24, 2.45) is 0 Å². The molecule has 3 aromatic carbocycles. The van der Waals surface area contributed by atoms with Crippen LogP contribution in [0, 0.1) is 0 Å². The number of fused-ring (bicyclic) bond motifs is 4. The average Bonchev–Trinajstić information content (AvgIpc) is 2.88. The molecule has 3 heterocycles. The number of hydrogen-bond acceptors (Lipinski definition) is 8. The van der Waals surface area contributed by atoms with Crippen LogP contribution in [0.1, 0.15) is 23.5 Å². The van der Waals surface area contributed by atoms with E-state index in [9.17, 15) is 14.7 Å². The van der Waals surface area contributed by atoms with Crippen molar-refractivity contribution in [3.63, 3.8) is 0 Å². The molecule has 1 N–H and O–H groups in total. The first-order valence-corrected chi connectivity index (χ1v) is 10.9. The Kier molecular flexibility index (Phi) is 4.74. The van der Waals surface area contributed by atoms with E-state index >= 15 is 0 Å². The summed E-state index contributed by atoms with van der Waals surface area (Å²) < 4.78 is 16.6. The maximum Gasteiger partial charge on any atom is 0.312 e. The fourth-order valence-electron chi connectivity index (χ4n) is 4.66. The number of rotatable bonds is 3. The zero-order chi connectivity index (χ0) is 24.1. The third-order valence-corrected chi connectivity index (χ3v) is 6.28. The van der Waals surface area contributed by atoms with Crippen LogP contribution in [0.3, 0.4) is 0 Å². The first-order valence-electron chi connectivity index (χ1n) is 10.9. The highest BCUT2D eigenvalue weighted by atomic mass is 16.5. The fraction of sp³-hybridized carbons (Fsp3) is 0.111. The Morgan fingerprint density at radius 1 is 1.06 bits per heavy atom. The predicted octanol–water partition coefficient (Wildman–Crippen LogP) is 4.56. The van der Waals surface area contributed by atoms with Crippen LogP contribution in [0.25, 0.3) is 33.1 Å². The van der Waals surface area contributed by atoms with Crippen molar-refractivity contribution >= 4 is 28.0 Å². The monoisotopic (exact) mass is 466 g/mol. The number of carbonyl (C=O) groups excluding carboxylic acids is 1. The third-order valence-electron chi connectivity index (χ3n) is 6.28. The van der Waals surface area contributed by atoms with Gasteiger partial charge < -0.3 is 19.0 Å². The lowest BCUT2D eigenvalue weighted by molar-refractivity contribution is -0.135. The number of aromatic nitrogens is 2. The Balaban J connectivity index is 1.61. The summed E-state index contributed by atoms with van der Waals surface area (Å²) >= 11 is 0. The number of ether oxygens (including phenoxy) is 2. The van der Waals surface area contributed by atoms with Gasteiger partial charge in [-0.1, -0.05) is 24.3 Å². The van der Waals surface area contributed by atoms with Crippen molar-refractivity contribution < 1.29 is 23.8 Å². The minimum absolute atomic E-state index is 0.0198. The van der Waals surface area contributed by atoms with Crippen LogP contribution in [0.15, 0.2) is 76.4 Å². The smallest absolute Gasteiger partial charge is 0.312 e. The van der Waals surface area contributed by atoms with Crippen LogP contribution in [0.4, 0.5) is 0 Å². The van der Waals surface area contributed by atoms with Gasteiger partial charge in [-0.05, 0) is 29.3 Å². The molecule has 1 atom stereocenters. The Morgan fingerprint density at radius 2 is 1.86 bits per heavy atom. The molecule has 0 saturated carbocycles. The van der Waals surface area contributed by atoms with Crippen LogP contribution in [0.2, 0.25) is 0 Å². The molecule has 0 radical (unpaired) electrons. The predicted molar refractivity (Wildman–Crippen MR) is 128 cm³/mol. The zero-order valence-corrected chi connectivity index (χ0v) is 18.5. The molecule has 0 saturated heterocycles. The van der Waals surface area contributed by atoms with Crippen molar-refractivity contribution in [3.8, 4) is 28.4 Å². The van der Waals surface area contributed by atoms with Crippen molar-refractivity contribution in [1.82, 2.24) is 9.97 Å². The van der Waals surface area contributed by atoms with Gasteiger partial charge in [-0.25, -0.2) is 0 Å². The van der Waals surface area contributed by atoms with Gasteiger partial charge >= 0.3 is 5.97 Å². The van der Waals surface area contributed by atoms with Gasteiger partial charge in [0, 0.05) is 29.9 Å². The minimum Gasteiger partial charge on any atom is -0.507 e. The summed E-state index contributed by atoms with van der Waals surface area (Å²) in [5.41, 5.74) is 3.25. The number of carbonyl (C=O) groups is 1. The molecule has 0 amide bonds. The van der Waals surface area contributed by atoms with E-state index < -0.39 is 17.3 Å². The van der Waals surface area contributed by atoms with Crippen LogP contribution in [-0.2, 0) is 4.79 Å². The summed E-state index contributed by atoms with van der Waals surface area (Å²) in [6, 6.07) is 13.8. The second-order valence-corrected chi connectivity index (χ2v) is 8.22. The summed E-state index contributed by atoms with van der Waals surface area (Å²) in [6.45, 7) is 0. The lowest BCUT2D eigenvalue weighted by Crippen LogP contribution is -2.22. The van der Waals surface area contributed by atoms with Crippen molar-refractivity contribution in [3.05, 3.63) is 88.5 Å². The number of aromatic hydroxyl groups is 1. The number of hydrogen-bond donors (Lipinski definition) is 1. The largest absolute Gasteiger partial charge is 0.507 e. The quantitative estimate of drug-likeness (QED) is 0.304. The Bertz CT molecular complexity index is 1690. The molecule has 0 bridgehead atoms. The second kappa shape index (κ2) is 7.95. The third kappa shape index (κ3) is 3.30. The topological polar surface area (TPSA) is 112 Å². The van der Waals surface area contributed by atoms with E-state index in [0.29, 0.717) is 27.9 Å². The van der Waals surface area contributed by atoms with Crippen molar-refractivity contribution in [2.45, 2.75) is 12.3 Å². The number of nitrogens with zero attached hydrogens (tertiary/aromatic N) is 2. The number of benzene rings is 3. The Morgan fingerprint density at radius 3 is 2.66 bits per heavy atom. The maximum atomic E-state index is 13.5. The first kappa shape index (κ1) is 20.9. The van der Waals surface area contributed by atoms with E-state index in [1.807, 2.05) is 18.2 Å². The molecule has 0 spiro atoms. The number of para-hydroxylation sites is 1. The normalized spacial score (nSPS) is 15.1. The highest BCUT2D eigenvalue weighted by Gasteiger charge is 2.34. The number of phenolic OH excluding ortho intramolecular Hbond substituents is 1. The van der Waals surface area contributed by atoms with Crippen LogP contribution in [0.5, 0.6) is 17.2 Å². The fourth-order valence-corrected chi connectivity index (χ4v) is 4.66. The van der Waals surface area contributed by atoms with Gasteiger partial charge in [0.05, 0.1) is 30.1 Å². The van der Waals surface area contributed by atoms with Gasteiger partial charge in [-0.15, -0.1) is 0 Å². The van der Waals surface area contributed by atoms with Gasteiger partial charge in [0.2, 0.25) is 5.43 Å². The SMILES string of the molecule is COc1ccc(-c2coc3c4c(cc(O)c3c2=O)OC(=O)C[C@H]4c2cccc3nccnc23)cc1. The molecule has 0 aliphatic carbocycles. The standard InChI is InChI=1S/C27H18N2O6/c1-33-15-7-5-14(6-8-15)18-13-34-27-23-17(16-3-2-4-19-25(16)29-10-9-28-19)11-22(31)35-21(23)12-20(30)24(27)26(18)32/h2-10,12-13,17,30H,11H2,1H3/t17-/m0/s1. The van der Waals surface area contributed by atoms with Gasteiger partial charge in [0.25, 0.3) is 0 Å². The van der Waals surface area contributed by atoms with E-state index in [-0.39, 0.29) is 34.5 Å². The van der Waals surface area contributed by atoms with E-state index in [1.165, 1.54) is 12.3 Å². The second-order valence-electron chi connectivity index (χ2n) is 8.22. The molecule has 8 heteroatoms. The van der Waals surface area contributed by atoms with Gasteiger partial charge in [0.15, 0.2) is 0 Å². The number of methoxy groups -OCH3 is 1. The molecular formula is C27H18N2O6.